The van der Waals surface area contributed by atoms with Crippen LogP contribution in [0.1, 0.15) is 25.0 Å². The Balaban J connectivity index is 2.23. The second-order valence-electron chi connectivity index (χ2n) is 4.63. The minimum Gasteiger partial charge on any atom is -0.481 e. The number of nitrogens with zero attached hydrogens (tertiary/aromatic N) is 1. The van der Waals surface area contributed by atoms with E-state index in [0.29, 0.717) is 0 Å². The van der Waals surface area contributed by atoms with Crippen molar-refractivity contribution in [2.45, 2.75) is 24.7 Å². The third-order valence-corrected chi connectivity index (χ3v) is 3.48. The van der Waals surface area contributed by atoms with Crippen LogP contribution >= 0.6 is 0 Å². The van der Waals surface area contributed by atoms with E-state index in [0.717, 1.165) is 31.7 Å². The van der Waals surface area contributed by atoms with Gasteiger partial charge in [-0.25, -0.2) is 0 Å². The molecule has 1 aromatic rings. The predicted octanol–water partition coefficient (Wildman–Crippen LogP) is 1.72. The van der Waals surface area contributed by atoms with E-state index >= 15 is 0 Å². The Kier molecular flexibility index (Phi) is 3.01. The summed E-state index contributed by atoms with van der Waals surface area (Å²) in [6.45, 7) is 1.85. The van der Waals surface area contributed by atoms with Crippen LogP contribution in [-0.4, -0.2) is 36.1 Å². The normalized spacial score (nSPS) is 20.8. The predicted molar refractivity (Wildman–Crippen MR) is 59.4 cm³/mol. The molecule has 0 spiro atoms. The van der Waals surface area contributed by atoms with Gasteiger partial charge in [0.05, 0.1) is 12.7 Å². The number of carbonyl (C=O) groups is 1. The van der Waals surface area contributed by atoms with Crippen molar-refractivity contribution in [2.75, 3.05) is 20.1 Å². The average molecular weight is 223 g/mol. The SMILES string of the molecule is CN1CCC(CC(=O)O)(c2ccco2)CC1. The van der Waals surface area contributed by atoms with Crippen LogP contribution < -0.4 is 0 Å². The van der Waals surface area contributed by atoms with Gasteiger partial charge in [-0.05, 0) is 45.1 Å². The molecule has 1 aliphatic heterocycles. The Morgan fingerprint density at radius 2 is 2.25 bits per heavy atom. The molecule has 2 heterocycles. The van der Waals surface area contributed by atoms with Crippen molar-refractivity contribution >= 4 is 5.97 Å². The maximum absolute atomic E-state index is 11.0. The van der Waals surface area contributed by atoms with E-state index in [2.05, 4.69) is 11.9 Å². The van der Waals surface area contributed by atoms with Gasteiger partial charge in [-0.15, -0.1) is 0 Å². The monoisotopic (exact) mass is 223 g/mol. The van der Waals surface area contributed by atoms with Crippen LogP contribution in [0.25, 0.3) is 0 Å². The fourth-order valence-corrected chi connectivity index (χ4v) is 2.43. The second-order valence-corrected chi connectivity index (χ2v) is 4.63. The van der Waals surface area contributed by atoms with Crippen LogP contribution in [0.5, 0.6) is 0 Å². The maximum Gasteiger partial charge on any atom is 0.304 e. The van der Waals surface area contributed by atoms with Crippen molar-refractivity contribution < 1.29 is 14.3 Å². The molecule has 1 aliphatic rings. The van der Waals surface area contributed by atoms with Crippen LogP contribution in [0.2, 0.25) is 0 Å². The Labute approximate surface area is 94.9 Å². The summed E-state index contributed by atoms with van der Waals surface area (Å²) in [5, 5.41) is 9.04. The topological polar surface area (TPSA) is 53.7 Å². The molecule has 4 nitrogen and oxygen atoms in total. The van der Waals surface area contributed by atoms with E-state index in [1.54, 1.807) is 6.26 Å². The van der Waals surface area contributed by atoms with E-state index < -0.39 is 5.97 Å². The fraction of sp³-hybridized carbons (Fsp3) is 0.583. The Morgan fingerprint density at radius 3 is 2.75 bits per heavy atom. The van der Waals surface area contributed by atoms with Crippen molar-refractivity contribution in [3.05, 3.63) is 24.2 Å². The number of piperidine rings is 1. The molecule has 1 fully saturated rings. The zero-order valence-electron chi connectivity index (χ0n) is 9.48. The minimum absolute atomic E-state index is 0.161. The standard InChI is InChI=1S/C12H17NO3/c1-13-6-4-12(5-7-13,9-11(14)15)10-3-2-8-16-10/h2-3,8H,4-7,9H2,1H3,(H,14,15). The molecular formula is C12H17NO3. The number of likely N-dealkylation sites (tertiary alicyclic amines) is 1. The van der Waals surface area contributed by atoms with E-state index in [1.807, 2.05) is 12.1 Å². The van der Waals surface area contributed by atoms with Crippen molar-refractivity contribution in [3.63, 3.8) is 0 Å². The Bertz CT molecular complexity index is 350. The number of hydrogen-bond donors (Lipinski definition) is 1. The van der Waals surface area contributed by atoms with Gasteiger partial charge in [0.15, 0.2) is 0 Å². The van der Waals surface area contributed by atoms with Crippen LogP contribution in [-0.2, 0) is 10.2 Å². The summed E-state index contributed by atoms with van der Waals surface area (Å²) in [6.07, 6.45) is 3.48. The van der Waals surface area contributed by atoms with Gasteiger partial charge in [-0.2, -0.15) is 0 Å². The van der Waals surface area contributed by atoms with E-state index in [-0.39, 0.29) is 11.8 Å². The molecule has 16 heavy (non-hydrogen) atoms. The van der Waals surface area contributed by atoms with Crippen LogP contribution in [0, 0.1) is 0 Å². The zero-order chi connectivity index (χ0) is 11.6. The molecule has 0 unspecified atom stereocenters. The summed E-state index contributed by atoms with van der Waals surface area (Å²) >= 11 is 0. The van der Waals surface area contributed by atoms with E-state index in [1.165, 1.54) is 0 Å². The van der Waals surface area contributed by atoms with Crippen molar-refractivity contribution in [1.29, 1.82) is 0 Å². The molecular weight excluding hydrogens is 206 g/mol. The molecule has 1 saturated heterocycles. The molecule has 1 aromatic heterocycles. The van der Waals surface area contributed by atoms with E-state index in [9.17, 15) is 4.79 Å². The summed E-state index contributed by atoms with van der Waals surface area (Å²) in [4.78, 5) is 13.2. The van der Waals surface area contributed by atoms with Crippen LogP contribution in [0.3, 0.4) is 0 Å². The Hall–Kier alpha value is -1.29. The number of carboxylic acids is 1. The smallest absolute Gasteiger partial charge is 0.304 e. The molecule has 4 heteroatoms. The van der Waals surface area contributed by atoms with Crippen molar-refractivity contribution in [2.24, 2.45) is 0 Å². The molecule has 0 amide bonds. The fourth-order valence-electron chi connectivity index (χ4n) is 2.43. The summed E-state index contributed by atoms with van der Waals surface area (Å²) < 4.78 is 5.43. The molecule has 0 radical (unpaired) electrons. The summed E-state index contributed by atoms with van der Waals surface area (Å²) in [7, 11) is 2.06. The zero-order valence-corrected chi connectivity index (χ0v) is 9.48. The van der Waals surface area contributed by atoms with Gasteiger partial charge in [-0.1, -0.05) is 0 Å². The third kappa shape index (κ3) is 2.11. The molecule has 88 valence electrons. The van der Waals surface area contributed by atoms with E-state index in [4.69, 9.17) is 9.52 Å². The highest BCUT2D eigenvalue weighted by Gasteiger charge is 2.39. The number of rotatable bonds is 3. The lowest BCUT2D eigenvalue weighted by Gasteiger charge is -2.38. The van der Waals surface area contributed by atoms with Gasteiger partial charge in [0.25, 0.3) is 0 Å². The van der Waals surface area contributed by atoms with Crippen molar-refractivity contribution in [1.82, 2.24) is 4.90 Å². The van der Waals surface area contributed by atoms with Crippen molar-refractivity contribution in [3.8, 4) is 0 Å². The molecule has 1 N–H and O–H groups in total. The van der Waals surface area contributed by atoms with Gasteiger partial charge in [0.1, 0.15) is 5.76 Å². The van der Waals surface area contributed by atoms with Gasteiger partial charge < -0.3 is 14.4 Å². The largest absolute Gasteiger partial charge is 0.481 e. The highest BCUT2D eigenvalue weighted by Crippen LogP contribution is 2.38. The molecule has 0 saturated carbocycles. The molecule has 0 aliphatic carbocycles. The van der Waals surface area contributed by atoms with Gasteiger partial charge >= 0.3 is 5.97 Å². The first kappa shape index (κ1) is 11.2. The first-order chi connectivity index (χ1) is 7.62. The lowest BCUT2D eigenvalue weighted by atomic mass is 9.74. The molecule has 0 bridgehead atoms. The molecule has 0 aromatic carbocycles. The average Bonchev–Trinajstić information content (AvgIpc) is 2.75. The maximum atomic E-state index is 11.0. The highest BCUT2D eigenvalue weighted by molar-refractivity contribution is 5.68. The van der Waals surface area contributed by atoms with Crippen LogP contribution in [0.4, 0.5) is 0 Å². The second kappa shape index (κ2) is 4.29. The first-order valence-electron chi connectivity index (χ1n) is 5.57. The number of carboxylic acid groups (broad SMARTS) is 1. The molecule has 2 rings (SSSR count). The first-order valence-corrected chi connectivity index (χ1v) is 5.57. The summed E-state index contributed by atoms with van der Waals surface area (Å²) in [6, 6.07) is 3.73. The minimum atomic E-state index is -0.749. The summed E-state index contributed by atoms with van der Waals surface area (Å²) in [5.41, 5.74) is -0.304. The number of furan rings is 1. The van der Waals surface area contributed by atoms with Gasteiger partial charge in [0, 0.05) is 5.41 Å². The summed E-state index contributed by atoms with van der Waals surface area (Å²) in [5.74, 6) is 0.0731. The highest BCUT2D eigenvalue weighted by atomic mass is 16.4. The van der Waals surface area contributed by atoms with Gasteiger partial charge in [-0.3, -0.25) is 4.79 Å². The lowest BCUT2D eigenvalue weighted by Crippen LogP contribution is -2.42. The molecule has 0 atom stereocenters. The number of aliphatic carboxylic acids is 1. The third-order valence-electron chi connectivity index (χ3n) is 3.48. The van der Waals surface area contributed by atoms with Crippen LogP contribution in [0.15, 0.2) is 22.8 Å². The lowest BCUT2D eigenvalue weighted by molar-refractivity contribution is -0.139. The Morgan fingerprint density at radius 1 is 1.56 bits per heavy atom. The quantitative estimate of drug-likeness (QED) is 0.847. The number of hydrogen-bond acceptors (Lipinski definition) is 3. The van der Waals surface area contributed by atoms with Gasteiger partial charge in [0.2, 0.25) is 0 Å².